The molecular formula is C13H15N3O2. The van der Waals surface area contributed by atoms with E-state index in [9.17, 15) is 10.2 Å². The number of aryl methyl sites for hydroxylation is 1. The van der Waals surface area contributed by atoms with Crippen molar-refractivity contribution in [3.63, 3.8) is 0 Å². The van der Waals surface area contributed by atoms with Crippen LogP contribution in [0.2, 0.25) is 0 Å². The molecule has 2 aromatic rings. The molecule has 0 aliphatic carbocycles. The summed E-state index contributed by atoms with van der Waals surface area (Å²) >= 11 is 0. The fourth-order valence-corrected chi connectivity index (χ4v) is 1.52. The molecule has 18 heavy (non-hydrogen) atoms. The number of hydrogen-bond donors (Lipinski definition) is 3. The summed E-state index contributed by atoms with van der Waals surface area (Å²) < 4.78 is 0. The molecule has 0 aliphatic heterocycles. The Hall–Kier alpha value is -2.14. The summed E-state index contributed by atoms with van der Waals surface area (Å²) in [4.78, 5) is 8.38. The average molecular weight is 245 g/mol. The average Bonchev–Trinajstić information content (AvgIpc) is 2.36. The van der Waals surface area contributed by atoms with Crippen LogP contribution < -0.4 is 5.32 Å². The van der Waals surface area contributed by atoms with Gasteiger partial charge in [0.25, 0.3) is 0 Å². The lowest BCUT2D eigenvalue weighted by atomic mass is 10.2. The smallest absolute Gasteiger partial charge is 0.157 e. The first-order valence-corrected chi connectivity index (χ1v) is 5.64. The third-order valence-corrected chi connectivity index (χ3v) is 2.51. The van der Waals surface area contributed by atoms with Gasteiger partial charge in [-0.2, -0.15) is 0 Å². The largest absolute Gasteiger partial charge is 0.504 e. The first kappa shape index (κ1) is 12.3. The van der Waals surface area contributed by atoms with Gasteiger partial charge in [0.2, 0.25) is 0 Å². The van der Waals surface area contributed by atoms with E-state index in [0.29, 0.717) is 13.1 Å². The van der Waals surface area contributed by atoms with E-state index >= 15 is 0 Å². The number of phenols is 2. The van der Waals surface area contributed by atoms with Gasteiger partial charge in [-0.15, -0.1) is 0 Å². The Labute approximate surface area is 105 Å². The first-order valence-electron chi connectivity index (χ1n) is 5.64. The maximum Gasteiger partial charge on any atom is 0.157 e. The Morgan fingerprint density at radius 3 is 2.56 bits per heavy atom. The maximum atomic E-state index is 9.35. The molecule has 0 amide bonds. The highest BCUT2D eigenvalue weighted by molar-refractivity contribution is 5.40. The number of aromatic nitrogens is 2. The molecule has 0 radical (unpaired) electrons. The molecule has 0 aliphatic rings. The molecule has 5 heteroatoms. The van der Waals surface area contributed by atoms with Crippen LogP contribution in [0, 0.1) is 6.92 Å². The highest BCUT2D eigenvalue weighted by atomic mass is 16.3. The van der Waals surface area contributed by atoms with Gasteiger partial charge in [-0.1, -0.05) is 6.07 Å². The summed E-state index contributed by atoms with van der Waals surface area (Å²) in [7, 11) is 0. The third-order valence-electron chi connectivity index (χ3n) is 2.51. The summed E-state index contributed by atoms with van der Waals surface area (Å²) in [6.45, 7) is 3.09. The van der Waals surface area contributed by atoms with Gasteiger partial charge in [-0.05, 0) is 24.6 Å². The van der Waals surface area contributed by atoms with Crippen LogP contribution in [0.15, 0.2) is 30.6 Å². The van der Waals surface area contributed by atoms with Gasteiger partial charge in [0.15, 0.2) is 11.5 Å². The van der Waals surface area contributed by atoms with Crippen molar-refractivity contribution in [3.8, 4) is 11.5 Å². The fourth-order valence-electron chi connectivity index (χ4n) is 1.52. The Morgan fingerprint density at radius 1 is 1.06 bits per heavy atom. The van der Waals surface area contributed by atoms with Crippen molar-refractivity contribution in [2.24, 2.45) is 0 Å². The van der Waals surface area contributed by atoms with E-state index in [0.717, 1.165) is 17.0 Å². The van der Waals surface area contributed by atoms with E-state index in [1.54, 1.807) is 18.5 Å². The standard InChI is InChI=1S/C13H15N3O2/c1-9-5-16-11(8-15-9)7-14-6-10-2-3-12(17)13(18)4-10/h2-5,8,14,17-18H,6-7H2,1H3. The quantitative estimate of drug-likeness (QED) is 0.711. The Bertz CT molecular complexity index is 526. The maximum absolute atomic E-state index is 9.35. The van der Waals surface area contributed by atoms with Crippen LogP contribution in [0.3, 0.4) is 0 Å². The summed E-state index contributed by atoms with van der Waals surface area (Å²) in [5.74, 6) is -0.215. The van der Waals surface area contributed by atoms with Crippen LogP contribution in [0.4, 0.5) is 0 Å². The molecular weight excluding hydrogens is 230 g/mol. The van der Waals surface area contributed by atoms with E-state index in [-0.39, 0.29) is 11.5 Å². The number of aromatic hydroxyl groups is 2. The molecule has 0 saturated carbocycles. The van der Waals surface area contributed by atoms with E-state index in [2.05, 4.69) is 15.3 Å². The molecule has 0 saturated heterocycles. The highest BCUT2D eigenvalue weighted by Crippen LogP contribution is 2.24. The predicted octanol–water partition coefficient (Wildman–Crippen LogP) is 1.49. The third kappa shape index (κ3) is 3.18. The molecule has 94 valence electrons. The van der Waals surface area contributed by atoms with Crippen molar-refractivity contribution in [1.82, 2.24) is 15.3 Å². The Kier molecular flexibility index (Phi) is 3.74. The van der Waals surface area contributed by atoms with Crippen molar-refractivity contribution in [2.45, 2.75) is 20.0 Å². The van der Waals surface area contributed by atoms with Gasteiger partial charge in [0, 0.05) is 25.5 Å². The zero-order valence-electron chi connectivity index (χ0n) is 10.1. The highest BCUT2D eigenvalue weighted by Gasteiger charge is 2.01. The molecule has 2 rings (SSSR count). The second-order valence-electron chi connectivity index (χ2n) is 4.08. The van der Waals surface area contributed by atoms with Crippen LogP contribution in [0.1, 0.15) is 17.0 Å². The van der Waals surface area contributed by atoms with Crippen LogP contribution in [0.5, 0.6) is 11.5 Å². The molecule has 0 unspecified atom stereocenters. The minimum atomic E-state index is -0.108. The van der Waals surface area contributed by atoms with Gasteiger partial charge in [-0.3, -0.25) is 9.97 Å². The molecule has 0 bridgehead atoms. The molecule has 1 heterocycles. The van der Waals surface area contributed by atoms with Gasteiger partial charge in [0.05, 0.1) is 11.4 Å². The number of phenolic OH excluding ortho intramolecular Hbond substituents is 2. The van der Waals surface area contributed by atoms with Crippen LogP contribution in [-0.2, 0) is 13.1 Å². The summed E-state index contributed by atoms with van der Waals surface area (Å²) in [5, 5.41) is 21.7. The van der Waals surface area contributed by atoms with Crippen LogP contribution in [-0.4, -0.2) is 20.2 Å². The van der Waals surface area contributed by atoms with Gasteiger partial charge < -0.3 is 15.5 Å². The molecule has 5 nitrogen and oxygen atoms in total. The van der Waals surface area contributed by atoms with E-state index in [4.69, 9.17) is 0 Å². The molecule has 3 N–H and O–H groups in total. The number of hydrogen-bond acceptors (Lipinski definition) is 5. The lowest BCUT2D eigenvalue weighted by Crippen LogP contribution is -2.13. The molecule has 1 aromatic carbocycles. The molecule has 0 atom stereocenters. The molecule has 0 spiro atoms. The minimum absolute atomic E-state index is 0.107. The van der Waals surface area contributed by atoms with Crippen molar-refractivity contribution >= 4 is 0 Å². The lowest BCUT2D eigenvalue weighted by molar-refractivity contribution is 0.403. The Balaban J connectivity index is 1.88. The first-order chi connectivity index (χ1) is 8.65. The minimum Gasteiger partial charge on any atom is -0.504 e. The van der Waals surface area contributed by atoms with Crippen LogP contribution in [0.25, 0.3) is 0 Å². The van der Waals surface area contributed by atoms with Gasteiger partial charge >= 0.3 is 0 Å². The van der Waals surface area contributed by atoms with E-state index in [1.165, 1.54) is 12.1 Å². The number of nitrogens with one attached hydrogen (secondary N) is 1. The van der Waals surface area contributed by atoms with E-state index < -0.39 is 0 Å². The Morgan fingerprint density at radius 2 is 1.89 bits per heavy atom. The van der Waals surface area contributed by atoms with Crippen molar-refractivity contribution in [1.29, 1.82) is 0 Å². The predicted molar refractivity (Wildman–Crippen MR) is 67.1 cm³/mol. The fraction of sp³-hybridized carbons (Fsp3) is 0.231. The lowest BCUT2D eigenvalue weighted by Gasteiger charge is -2.06. The van der Waals surface area contributed by atoms with Crippen molar-refractivity contribution in [3.05, 3.63) is 47.5 Å². The summed E-state index contributed by atoms with van der Waals surface area (Å²) in [5.41, 5.74) is 2.65. The zero-order chi connectivity index (χ0) is 13.0. The van der Waals surface area contributed by atoms with Gasteiger partial charge in [-0.25, -0.2) is 0 Å². The monoisotopic (exact) mass is 245 g/mol. The number of benzene rings is 1. The van der Waals surface area contributed by atoms with E-state index in [1.807, 2.05) is 6.92 Å². The topological polar surface area (TPSA) is 78.3 Å². The van der Waals surface area contributed by atoms with Gasteiger partial charge in [0.1, 0.15) is 0 Å². The van der Waals surface area contributed by atoms with Crippen LogP contribution >= 0.6 is 0 Å². The zero-order valence-corrected chi connectivity index (χ0v) is 10.1. The van der Waals surface area contributed by atoms with Crippen molar-refractivity contribution in [2.75, 3.05) is 0 Å². The number of nitrogens with zero attached hydrogens (tertiary/aromatic N) is 2. The molecule has 0 fully saturated rings. The van der Waals surface area contributed by atoms with Crippen molar-refractivity contribution < 1.29 is 10.2 Å². The second kappa shape index (κ2) is 5.46. The summed E-state index contributed by atoms with van der Waals surface area (Å²) in [6.07, 6.45) is 3.46. The number of rotatable bonds is 4. The summed E-state index contributed by atoms with van der Waals surface area (Å²) in [6, 6.07) is 4.75. The molecule has 1 aromatic heterocycles. The SMILES string of the molecule is Cc1cnc(CNCc2ccc(O)c(O)c2)cn1. The normalized spacial score (nSPS) is 10.5. The second-order valence-corrected chi connectivity index (χ2v) is 4.08.